The second kappa shape index (κ2) is 10.1. The second-order valence-corrected chi connectivity index (χ2v) is 5.56. The topological polar surface area (TPSA) is 20.2 Å². The molecule has 0 fully saturated rings. The molecule has 1 heteroatoms. The predicted molar refractivity (Wildman–Crippen MR) is 72.6 cm³/mol. The zero-order chi connectivity index (χ0) is 12.4. The van der Waals surface area contributed by atoms with E-state index >= 15 is 0 Å². The van der Waals surface area contributed by atoms with Gasteiger partial charge in [-0.3, -0.25) is 0 Å². The van der Waals surface area contributed by atoms with Crippen molar-refractivity contribution in [3.8, 4) is 0 Å². The van der Waals surface area contributed by atoms with Crippen molar-refractivity contribution in [2.75, 3.05) is 0 Å². The monoisotopic (exact) mass is 228 g/mol. The van der Waals surface area contributed by atoms with E-state index in [0.717, 1.165) is 0 Å². The van der Waals surface area contributed by atoms with Gasteiger partial charge < -0.3 is 5.11 Å². The third-order valence-electron chi connectivity index (χ3n) is 3.62. The Labute approximate surface area is 103 Å². The van der Waals surface area contributed by atoms with E-state index in [-0.39, 0.29) is 6.10 Å². The maximum absolute atomic E-state index is 9.66. The zero-order valence-corrected chi connectivity index (χ0v) is 11.8. The molecule has 1 N–H and O–H groups in total. The standard InChI is InChI=1S/C15H32O/c1-5-6-7-8-9-10-11-12-15(13(2)3)14(4)16/h13-16H,5-12H2,1-4H3. The number of unbranched alkanes of at least 4 members (excludes halogenated alkanes) is 6. The fraction of sp³-hybridized carbons (Fsp3) is 1.00. The van der Waals surface area contributed by atoms with Crippen LogP contribution >= 0.6 is 0 Å². The first-order valence-corrected chi connectivity index (χ1v) is 7.27. The van der Waals surface area contributed by atoms with Gasteiger partial charge in [0.15, 0.2) is 0 Å². The molecule has 16 heavy (non-hydrogen) atoms. The van der Waals surface area contributed by atoms with E-state index in [1.807, 2.05) is 6.92 Å². The molecule has 0 spiro atoms. The van der Waals surface area contributed by atoms with Gasteiger partial charge in [0, 0.05) is 0 Å². The minimum Gasteiger partial charge on any atom is -0.393 e. The smallest absolute Gasteiger partial charge is 0.0542 e. The van der Waals surface area contributed by atoms with Gasteiger partial charge in [-0.15, -0.1) is 0 Å². The van der Waals surface area contributed by atoms with Crippen LogP contribution in [0.1, 0.15) is 79.1 Å². The highest BCUT2D eigenvalue weighted by atomic mass is 16.3. The molecule has 2 unspecified atom stereocenters. The Bertz CT molecular complexity index is 132. The number of hydrogen-bond donors (Lipinski definition) is 1. The Morgan fingerprint density at radius 3 is 1.75 bits per heavy atom. The van der Waals surface area contributed by atoms with Crippen LogP contribution in [0, 0.1) is 11.8 Å². The summed E-state index contributed by atoms with van der Waals surface area (Å²) in [5.74, 6) is 1.11. The van der Waals surface area contributed by atoms with Crippen LogP contribution in [0.15, 0.2) is 0 Å². The molecule has 0 amide bonds. The third-order valence-corrected chi connectivity index (χ3v) is 3.62. The van der Waals surface area contributed by atoms with Crippen molar-refractivity contribution in [2.45, 2.75) is 85.2 Å². The highest BCUT2D eigenvalue weighted by Crippen LogP contribution is 2.22. The Morgan fingerprint density at radius 2 is 1.31 bits per heavy atom. The molecule has 0 heterocycles. The van der Waals surface area contributed by atoms with Crippen molar-refractivity contribution in [1.82, 2.24) is 0 Å². The Morgan fingerprint density at radius 1 is 0.812 bits per heavy atom. The van der Waals surface area contributed by atoms with Gasteiger partial charge in [0.05, 0.1) is 6.10 Å². The second-order valence-electron chi connectivity index (χ2n) is 5.56. The molecule has 0 aliphatic carbocycles. The van der Waals surface area contributed by atoms with Crippen LogP contribution in [0.2, 0.25) is 0 Å². The lowest BCUT2D eigenvalue weighted by Gasteiger charge is -2.23. The van der Waals surface area contributed by atoms with Crippen LogP contribution in [0.4, 0.5) is 0 Å². The number of hydrogen-bond acceptors (Lipinski definition) is 1. The first-order chi connectivity index (χ1) is 7.59. The SMILES string of the molecule is CCCCCCCCCC(C(C)C)C(C)O. The maximum atomic E-state index is 9.66. The van der Waals surface area contributed by atoms with Crippen molar-refractivity contribution < 1.29 is 5.11 Å². The van der Waals surface area contributed by atoms with Crippen molar-refractivity contribution >= 4 is 0 Å². The molecule has 0 bridgehead atoms. The lowest BCUT2D eigenvalue weighted by atomic mass is 9.86. The van der Waals surface area contributed by atoms with Crippen molar-refractivity contribution in [1.29, 1.82) is 0 Å². The van der Waals surface area contributed by atoms with Crippen molar-refractivity contribution in [2.24, 2.45) is 11.8 Å². The largest absolute Gasteiger partial charge is 0.393 e. The molecule has 0 saturated heterocycles. The van der Waals surface area contributed by atoms with Crippen LogP contribution in [0.3, 0.4) is 0 Å². The molecule has 0 aromatic rings. The summed E-state index contributed by atoms with van der Waals surface area (Å²) in [6.45, 7) is 8.64. The lowest BCUT2D eigenvalue weighted by Crippen LogP contribution is -2.22. The van der Waals surface area contributed by atoms with Crippen LogP contribution in [-0.2, 0) is 0 Å². The van der Waals surface area contributed by atoms with E-state index < -0.39 is 0 Å². The van der Waals surface area contributed by atoms with E-state index in [1.165, 1.54) is 51.4 Å². The van der Waals surface area contributed by atoms with Gasteiger partial charge in [0.2, 0.25) is 0 Å². The molecular weight excluding hydrogens is 196 g/mol. The lowest BCUT2D eigenvalue weighted by molar-refractivity contribution is 0.0900. The summed E-state index contributed by atoms with van der Waals surface area (Å²) in [4.78, 5) is 0. The third kappa shape index (κ3) is 8.15. The van der Waals surface area contributed by atoms with Crippen LogP contribution in [0.5, 0.6) is 0 Å². The summed E-state index contributed by atoms with van der Waals surface area (Å²) >= 11 is 0. The normalized spacial score (nSPS) is 15.4. The van der Waals surface area contributed by atoms with E-state index in [9.17, 15) is 5.11 Å². The van der Waals surface area contributed by atoms with Crippen molar-refractivity contribution in [3.63, 3.8) is 0 Å². The summed E-state index contributed by atoms with van der Waals surface area (Å²) in [5.41, 5.74) is 0. The molecule has 0 saturated carbocycles. The summed E-state index contributed by atoms with van der Waals surface area (Å²) in [6, 6.07) is 0. The van der Waals surface area contributed by atoms with E-state index in [2.05, 4.69) is 20.8 Å². The minimum atomic E-state index is -0.139. The van der Waals surface area contributed by atoms with E-state index in [4.69, 9.17) is 0 Å². The molecule has 0 aromatic heterocycles. The molecule has 1 nitrogen and oxygen atoms in total. The molecule has 2 atom stereocenters. The molecular formula is C15H32O. The van der Waals surface area contributed by atoms with Gasteiger partial charge in [0.25, 0.3) is 0 Å². The van der Waals surface area contributed by atoms with Gasteiger partial charge >= 0.3 is 0 Å². The Kier molecular flexibility index (Phi) is 10.1. The summed E-state index contributed by atoms with van der Waals surface area (Å²) in [5, 5.41) is 9.66. The minimum absolute atomic E-state index is 0.139. The van der Waals surface area contributed by atoms with Crippen molar-refractivity contribution in [3.05, 3.63) is 0 Å². The first kappa shape index (κ1) is 16.0. The maximum Gasteiger partial charge on any atom is 0.0542 e. The van der Waals surface area contributed by atoms with Gasteiger partial charge in [0.1, 0.15) is 0 Å². The zero-order valence-electron chi connectivity index (χ0n) is 11.8. The fourth-order valence-corrected chi connectivity index (χ4v) is 2.47. The number of aliphatic hydroxyl groups excluding tert-OH is 1. The fourth-order valence-electron chi connectivity index (χ4n) is 2.47. The van der Waals surface area contributed by atoms with E-state index in [1.54, 1.807) is 0 Å². The Balaban J connectivity index is 3.41. The average Bonchev–Trinajstić information content (AvgIpc) is 2.21. The molecule has 0 aliphatic rings. The Hall–Kier alpha value is -0.0400. The summed E-state index contributed by atoms with van der Waals surface area (Å²) < 4.78 is 0. The quantitative estimate of drug-likeness (QED) is 0.533. The molecule has 98 valence electrons. The number of rotatable bonds is 10. The van der Waals surface area contributed by atoms with E-state index in [0.29, 0.717) is 11.8 Å². The molecule has 0 aromatic carbocycles. The highest BCUT2D eigenvalue weighted by molar-refractivity contribution is 4.68. The van der Waals surface area contributed by atoms with Crippen LogP contribution in [0.25, 0.3) is 0 Å². The van der Waals surface area contributed by atoms with Gasteiger partial charge in [-0.2, -0.15) is 0 Å². The van der Waals surface area contributed by atoms with Gasteiger partial charge in [-0.05, 0) is 25.2 Å². The van der Waals surface area contributed by atoms with Gasteiger partial charge in [-0.25, -0.2) is 0 Å². The van der Waals surface area contributed by atoms with Crippen LogP contribution in [-0.4, -0.2) is 11.2 Å². The highest BCUT2D eigenvalue weighted by Gasteiger charge is 2.17. The first-order valence-electron chi connectivity index (χ1n) is 7.27. The molecule has 0 aliphatic heterocycles. The molecule has 0 radical (unpaired) electrons. The summed E-state index contributed by atoms with van der Waals surface area (Å²) in [6.07, 6.45) is 10.6. The predicted octanol–water partition coefficient (Wildman–Crippen LogP) is 4.78. The average molecular weight is 228 g/mol. The number of aliphatic hydroxyl groups is 1. The van der Waals surface area contributed by atoms with Crippen LogP contribution < -0.4 is 0 Å². The summed E-state index contributed by atoms with van der Waals surface area (Å²) in [7, 11) is 0. The molecule has 0 rings (SSSR count). The van der Waals surface area contributed by atoms with Gasteiger partial charge in [-0.1, -0.05) is 65.7 Å².